The van der Waals surface area contributed by atoms with Crippen LogP contribution in [-0.4, -0.2) is 60.8 Å². The van der Waals surface area contributed by atoms with Crippen molar-refractivity contribution in [2.24, 2.45) is 0 Å². The van der Waals surface area contributed by atoms with Gasteiger partial charge < -0.3 is 4.90 Å². The summed E-state index contributed by atoms with van der Waals surface area (Å²) in [4.78, 5) is 2.14. The predicted octanol–water partition coefficient (Wildman–Crippen LogP) is 2.20. The van der Waals surface area contributed by atoms with Crippen LogP contribution in [-0.2, 0) is 16.6 Å². The second kappa shape index (κ2) is 8.12. The minimum Gasteiger partial charge on any atom is -0.302 e. The van der Waals surface area contributed by atoms with E-state index in [4.69, 9.17) is 0 Å². The molecule has 2 rings (SSSR count). The molecule has 6 nitrogen and oxygen atoms in total. The Kier molecular flexibility index (Phi) is 6.37. The molecule has 2 aromatic rings. The highest BCUT2D eigenvalue weighted by atomic mass is 32.2. The van der Waals surface area contributed by atoms with Gasteiger partial charge in [-0.15, -0.1) is 0 Å². The van der Waals surface area contributed by atoms with Crippen LogP contribution < -0.4 is 0 Å². The Morgan fingerprint density at radius 3 is 2.44 bits per heavy atom. The number of hydrogen-bond donors (Lipinski definition) is 0. The SMILES string of the molecule is Cc1cc(C)n(-c2cccc(CN(C)CCCS(=O)(=O)N(C)C)c2)n1. The fraction of sp³-hybridized carbons (Fsp3) is 0.500. The number of benzene rings is 1. The summed E-state index contributed by atoms with van der Waals surface area (Å²) in [5.41, 5.74) is 4.34. The summed E-state index contributed by atoms with van der Waals surface area (Å²) in [6, 6.07) is 10.4. The highest BCUT2D eigenvalue weighted by Crippen LogP contribution is 2.15. The van der Waals surface area contributed by atoms with Crippen LogP contribution in [0.1, 0.15) is 23.4 Å². The van der Waals surface area contributed by atoms with Gasteiger partial charge in [-0.3, -0.25) is 0 Å². The third-order valence-corrected chi connectivity index (χ3v) is 6.03. The van der Waals surface area contributed by atoms with Crippen molar-refractivity contribution >= 4 is 10.0 Å². The Morgan fingerprint density at radius 2 is 1.84 bits per heavy atom. The van der Waals surface area contributed by atoms with Crippen molar-refractivity contribution in [1.29, 1.82) is 0 Å². The van der Waals surface area contributed by atoms with Crippen LogP contribution in [0.3, 0.4) is 0 Å². The molecule has 0 saturated carbocycles. The van der Waals surface area contributed by atoms with E-state index in [0.29, 0.717) is 6.42 Å². The first-order chi connectivity index (χ1) is 11.7. The van der Waals surface area contributed by atoms with E-state index < -0.39 is 10.0 Å². The van der Waals surface area contributed by atoms with Crippen LogP contribution in [0.4, 0.5) is 0 Å². The molecule has 0 aliphatic rings. The fourth-order valence-corrected chi connectivity index (χ4v) is 3.63. The van der Waals surface area contributed by atoms with Gasteiger partial charge in [0, 0.05) is 26.3 Å². The summed E-state index contributed by atoms with van der Waals surface area (Å²) < 4.78 is 26.8. The molecule has 1 aromatic carbocycles. The van der Waals surface area contributed by atoms with E-state index in [9.17, 15) is 8.42 Å². The van der Waals surface area contributed by atoms with Gasteiger partial charge >= 0.3 is 0 Å². The molecule has 0 aliphatic heterocycles. The predicted molar refractivity (Wildman–Crippen MR) is 101 cm³/mol. The number of sulfonamides is 1. The van der Waals surface area contributed by atoms with Gasteiger partial charge in [0.2, 0.25) is 10.0 Å². The van der Waals surface area contributed by atoms with Crippen molar-refractivity contribution in [3.63, 3.8) is 0 Å². The molecule has 0 N–H and O–H groups in total. The Morgan fingerprint density at radius 1 is 1.12 bits per heavy atom. The van der Waals surface area contributed by atoms with E-state index in [1.165, 1.54) is 9.87 Å². The van der Waals surface area contributed by atoms with Crippen LogP contribution in [0.2, 0.25) is 0 Å². The molecule has 0 atom stereocenters. The van der Waals surface area contributed by atoms with Gasteiger partial charge in [0.15, 0.2) is 0 Å². The monoisotopic (exact) mass is 364 g/mol. The van der Waals surface area contributed by atoms with Gasteiger partial charge in [-0.1, -0.05) is 12.1 Å². The van der Waals surface area contributed by atoms with Gasteiger partial charge in [-0.25, -0.2) is 17.4 Å². The smallest absolute Gasteiger partial charge is 0.213 e. The molecule has 0 bridgehead atoms. The van der Waals surface area contributed by atoms with Crippen LogP contribution in [0.15, 0.2) is 30.3 Å². The highest BCUT2D eigenvalue weighted by Gasteiger charge is 2.13. The Bertz CT molecular complexity index is 812. The third kappa shape index (κ3) is 5.39. The standard InChI is InChI=1S/C18H28N4O2S/c1-15-12-16(2)22(19-15)18-9-6-8-17(13-18)14-21(5)10-7-11-25(23,24)20(3)4/h6,8-9,12-13H,7,10-11,14H2,1-5H3. The lowest BCUT2D eigenvalue weighted by Crippen LogP contribution is -2.28. The van der Waals surface area contributed by atoms with Crippen LogP contribution in [0.5, 0.6) is 0 Å². The van der Waals surface area contributed by atoms with Crippen molar-refractivity contribution in [2.45, 2.75) is 26.8 Å². The summed E-state index contributed by atoms with van der Waals surface area (Å²) >= 11 is 0. The molecule has 0 saturated heterocycles. The van der Waals surface area contributed by atoms with E-state index in [-0.39, 0.29) is 5.75 Å². The Labute approximate surface area is 151 Å². The largest absolute Gasteiger partial charge is 0.302 e. The molecule has 0 spiro atoms. The van der Waals surface area contributed by atoms with Gasteiger partial charge in [-0.2, -0.15) is 5.10 Å². The van der Waals surface area contributed by atoms with Gasteiger partial charge in [0.1, 0.15) is 0 Å². The summed E-state index contributed by atoms with van der Waals surface area (Å²) in [6.45, 7) is 5.54. The van der Waals surface area contributed by atoms with E-state index >= 15 is 0 Å². The lowest BCUT2D eigenvalue weighted by Gasteiger charge is -2.18. The van der Waals surface area contributed by atoms with Crippen molar-refractivity contribution < 1.29 is 8.42 Å². The molecule has 0 radical (unpaired) electrons. The summed E-state index contributed by atoms with van der Waals surface area (Å²) in [7, 11) is 2.04. The second-order valence-electron chi connectivity index (χ2n) is 6.70. The first kappa shape index (κ1) is 19.6. The molecule has 138 valence electrons. The molecular weight excluding hydrogens is 336 g/mol. The molecule has 7 heteroatoms. The number of hydrogen-bond acceptors (Lipinski definition) is 4. The molecule has 1 aromatic heterocycles. The van der Waals surface area contributed by atoms with Crippen molar-refractivity contribution in [3.8, 4) is 5.69 Å². The Hall–Kier alpha value is -1.70. The lowest BCUT2D eigenvalue weighted by molar-refractivity contribution is 0.327. The van der Waals surface area contributed by atoms with Gasteiger partial charge in [-0.05, 0) is 57.6 Å². The first-order valence-corrected chi connectivity index (χ1v) is 10.0. The van der Waals surface area contributed by atoms with Crippen molar-refractivity contribution in [2.75, 3.05) is 33.4 Å². The maximum Gasteiger partial charge on any atom is 0.213 e. The molecule has 25 heavy (non-hydrogen) atoms. The number of nitrogens with zero attached hydrogens (tertiary/aromatic N) is 4. The van der Waals surface area contributed by atoms with Gasteiger partial charge in [0.05, 0.1) is 17.1 Å². The zero-order valence-corrected chi connectivity index (χ0v) is 16.5. The van der Waals surface area contributed by atoms with Crippen molar-refractivity contribution in [1.82, 2.24) is 19.0 Å². The maximum atomic E-state index is 11.8. The molecule has 0 amide bonds. The van der Waals surface area contributed by atoms with Crippen LogP contribution in [0.25, 0.3) is 5.69 Å². The normalized spacial score (nSPS) is 12.3. The van der Waals surface area contributed by atoms with E-state index in [1.54, 1.807) is 14.1 Å². The molecule has 1 heterocycles. The zero-order valence-electron chi connectivity index (χ0n) is 15.7. The average molecular weight is 365 g/mol. The maximum absolute atomic E-state index is 11.8. The first-order valence-electron chi connectivity index (χ1n) is 8.40. The highest BCUT2D eigenvalue weighted by molar-refractivity contribution is 7.89. The average Bonchev–Trinajstić information content (AvgIpc) is 2.85. The lowest BCUT2D eigenvalue weighted by atomic mass is 10.2. The molecule has 0 fully saturated rings. The molecular formula is C18H28N4O2S. The minimum atomic E-state index is -3.12. The van der Waals surface area contributed by atoms with Crippen LogP contribution in [0, 0.1) is 13.8 Å². The van der Waals surface area contributed by atoms with Crippen LogP contribution >= 0.6 is 0 Å². The number of rotatable bonds is 8. The summed E-state index contributed by atoms with van der Waals surface area (Å²) in [6.07, 6.45) is 0.619. The van der Waals surface area contributed by atoms with E-state index in [0.717, 1.165) is 30.2 Å². The minimum absolute atomic E-state index is 0.177. The summed E-state index contributed by atoms with van der Waals surface area (Å²) in [5, 5.41) is 4.53. The molecule has 0 unspecified atom stereocenters. The van der Waals surface area contributed by atoms with E-state index in [2.05, 4.69) is 28.2 Å². The fourth-order valence-electron chi connectivity index (χ4n) is 2.77. The summed E-state index contributed by atoms with van der Waals surface area (Å²) in [5.74, 6) is 0.177. The number of aryl methyl sites for hydroxylation is 2. The number of aromatic nitrogens is 2. The second-order valence-corrected chi connectivity index (χ2v) is 9.00. The van der Waals surface area contributed by atoms with Gasteiger partial charge in [0.25, 0.3) is 0 Å². The molecule has 0 aliphatic carbocycles. The van der Waals surface area contributed by atoms with Crippen molar-refractivity contribution in [3.05, 3.63) is 47.3 Å². The Balaban J connectivity index is 1.97. The quantitative estimate of drug-likeness (QED) is 0.721. The zero-order chi connectivity index (χ0) is 18.6. The third-order valence-electron chi connectivity index (χ3n) is 4.12. The van der Waals surface area contributed by atoms with E-state index in [1.807, 2.05) is 37.7 Å². The topological polar surface area (TPSA) is 58.4 Å².